The monoisotopic (exact) mass is 287 g/mol. The Labute approximate surface area is 125 Å². The molecular weight excluding hydrogens is 265 g/mol. The van der Waals surface area contributed by atoms with Crippen molar-refractivity contribution in [1.29, 1.82) is 0 Å². The summed E-state index contributed by atoms with van der Waals surface area (Å²) in [5.41, 5.74) is 4.05. The molecule has 0 saturated carbocycles. The van der Waals surface area contributed by atoms with E-state index in [0.717, 1.165) is 37.1 Å². The van der Waals surface area contributed by atoms with Crippen molar-refractivity contribution in [3.05, 3.63) is 40.8 Å². The minimum atomic E-state index is -0.222. The highest BCUT2D eigenvalue weighted by Gasteiger charge is 2.21. The number of aromatic nitrogens is 1. The molecule has 1 aromatic heterocycles. The van der Waals surface area contributed by atoms with Gasteiger partial charge in [-0.2, -0.15) is 0 Å². The van der Waals surface area contributed by atoms with Crippen LogP contribution in [-0.4, -0.2) is 29.5 Å². The van der Waals surface area contributed by atoms with Crippen LogP contribution in [0.5, 0.6) is 0 Å². The number of nitrogens with zero attached hydrogens (tertiary/aromatic N) is 2. The molecule has 3 rings (SSSR count). The SMILES string of the molecule is CC(C)NCc1c2c(nc3c(F)cccc13)CCN(C)C2. The van der Waals surface area contributed by atoms with Gasteiger partial charge in [0.05, 0.1) is 0 Å². The molecule has 1 aliphatic heterocycles. The molecule has 0 atom stereocenters. The van der Waals surface area contributed by atoms with Crippen molar-refractivity contribution in [2.45, 2.75) is 39.4 Å². The van der Waals surface area contributed by atoms with Crippen LogP contribution in [0, 0.1) is 5.82 Å². The summed E-state index contributed by atoms with van der Waals surface area (Å²) in [6.45, 7) is 6.89. The molecular formula is C17H22FN3. The first-order chi connectivity index (χ1) is 10.1. The van der Waals surface area contributed by atoms with Crippen LogP contribution in [0.25, 0.3) is 10.9 Å². The molecule has 0 amide bonds. The van der Waals surface area contributed by atoms with Crippen molar-refractivity contribution in [2.24, 2.45) is 0 Å². The van der Waals surface area contributed by atoms with E-state index < -0.39 is 0 Å². The maximum Gasteiger partial charge on any atom is 0.149 e. The summed E-state index contributed by atoms with van der Waals surface area (Å²) in [4.78, 5) is 6.91. The molecule has 3 nitrogen and oxygen atoms in total. The van der Waals surface area contributed by atoms with Gasteiger partial charge in [0.25, 0.3) is 0 Å². The standard InChI is InChI=1S/C17H22FN3/c1-11(2)19-9-13-12-5-4-6-15(18)17(12)20-16-7-8-21(3)10-14(13)16/h4-6,11,19H,7-10H2,1-3H3. The predicted octanol–water partition coefficient (Wildman–Crippen LogP) is 2.86. The van der Waals surface area contributed by atoms with E-state index in [4.69, 9.17) is 0 Å². The second kappa shape index (κ2) is 5.70. The highest BCUT2D eigenvalue weighted by molar-refractivity contribution is 5.84. The van der Waals surface area contributed by atoms with Crippen LogP contribution >= 0.6 is 0 Å². The number of hydrogen-bond acceptors (Lipinski definition) is 3. The van der Waals surface area contributed by atoms with Gasteiger partial charge in [0.1, 0.15) is 11.3 Å². The first-order valence-corrected chi connectivity index (χ1v) is 7.57. The van der Waals surface area contributed by atoms with E-state index in [0.29, 0.717) is 11.6 Å². The molecule has 0 aliphatic carbocycles. The fourth-order valence-corrected chi connectivity index (χ4v) is 2.96. The minimum Gasteiger partial charge on any atom is -0.310 e. The third-order valence-electron chi connectivity index (χ3n) is 4.12. The van der Waals surface area contributed by atoms with Gasteiger partial charge in [0.2, 0.25) is 0 Å². The number of benzene rings is 1. The van der Waals surface area contributed by atoms with Gasteiger partial charge in [-0.3, -0.25) is 0 Å². The highest BCUT2D eigenvalue weighted by Crippen LogP contribution is 2.29. The van der Waals surface area contributed by atoms with E-state index in [1.165, 1.54) is 17.2 Å². The lowest BCUT2D eigenvalue weighted by atomic mass is 9.95. The Morgan fingerprint density at radius 2 is 2.19 bits per heavy atom. The number of halogens is 1. The Hall–Kier alpha value is -1.52. The molecule has 21 heavy (non-hydrogen) atoms. The van der Waals surface area contributed by atoms with E-state index >= 15 is 0 Å². The largest absolute Gasteiger partial charge is 0.310 e. The average molecular weight is 287 g/mol. The van der Waals surface area contributed by atoms with Gasteiger partial charge in [0.15, 0.2) is 0 Å². The maximum absolute atomic E-state index is 14.1. The zero-order valence-electron chi connectivity index (χ0n) is 12.9. The Bertz CT molecular complexity index is 667. The van der Waals surface area contributed by atoms with Crippen LogP contribution in [0.2, 0.25) is 0 Å². The molecule has 2 heterocycles. The van der Waals surface area contributed by atoms with Crippen molar-refractivity contribution < 1.29 is 4.39 Å². The van der Waals surface area contributed by atoms with Gasteiger partial charge < -0.3 is 10.2 Å². The van der Waals surface area contributed by atoms with E-state index in [2.05, 4.69) is 36.1 Å². The van der Waals surface area contributed by atoms with Crippen LogP contribution in [0.15, 0.2) is 18.2 Å². The van der Waals surface area contributed by atoms with Gasteiger partial charge in [-0.25, -0.2) is 9.37 Å². The first-order valence-electron chi connectivity index (χ1n) is 7.57. The molecule has 1 aromatic carbocycles. The Balaban J connectivity index is 2.18. The topological polar surface area (TPSA) is 28.2 Å². The van der Waals surface area contributed by atoms with Crippen molar-refractivity contribution in [1.82, 2.24) is 15.2 Å². The summed E-state index contributed by atoms with van der Waals surface area (Å²) in [7, 11) is 2.12. The zero-order chi connectivity index (χ0) is 15.0. The average Bonchev–Trinajstić information content (AvgIpc) is 2.44. The Morgan fingerprint density at radius 3 is 2.95 bits per heavy atom. The van der Waals surface area contributed by atoms with E-state index in [-0.39, 0.29) is 5.82 Å². The normalized spacial score (nSPS) is 15.7. The van der Waals surface area contributed by atoms with E-state index in [1.807, 2.05) is 6.07 Å². The summed E-state index contributed by atoms with van der Waals surface area (Å²) in [6.07, 6.45) is 0.894. The lowest BCUT2D eigenvalue weighted by Gasteiger charge is -2.27. The molecule has 1 aliphatic rings. The number of rotatable bonds is 3. The molecule has 0 radical (unpaired) electrons. The van der Waals surface area contributed by atoms with Crippen LogP contribution < -0.4 is 5.32 Å². The lowest BCUT2D eigenvalue weighted by molar-refractivity contribution is 0.308. The summed E-state index contributed by atoms with van der Waals surface area (Å²) < 4.78 is 14.1. The van der Waals surface area contributed by atoms with Crippen LogP contribution in [0.1, 0.15) is 30.7 Å². The third-order valence-corrected chi connectivity index (χ3v) is 4.12. The van der Waals surface area contributed by atoms with Crippen LogP contribution in [0.4, 0.5) is 4.39 Å². The molecule has 0 fully saturated rings. The second-order valence-corrected chi connectivity index (χ2v) is 6.17. The van der Waals surface area contributed by atoms with Crippen molar-refractivity contribution in [3.8, 4) is 0 Å². The summed E-state index contributed by atoms with van der Waals surface area (Å²) >= 11 is 0. The molecule has 4 heteroatoms. The number of likely N-dealkylation sites (N-methyl/N-ethyl adjacent to an activating group) is 1. The van der Waals surface area contributed by atoms with Crippen molar-refractivity contribution in [2.75, 3.05) is 13.6 Å². The van der Waals surface area contributed by atoms with Gasteiger partial charge >= 0.3 is 0 Å². The fraction of sp³-hybridized carbons (Fsp3) is 0.471. The number of fused-ring (bicyclic) bond motifs is 2. The Morgan fingerprint density at radius 1 is 1.38 bits per heavy atom. The molecule has 2 aromatic rings. The maximum atomic E-state index is 14.1. The lowest BCUT2D eigenvalue weighted by Crippen LogP contribution is -2.30. The summed E-state index contributed by atoms with van der Waals surface area (Å²) in [6, 6.07) is 5.66. The van der Waals surface area contributed by atoms with E-state index in [9.17, 15) is 4.39 Å². The predicted molar refractivity (Wildman–Crippen MR) is 83.7 cm³/mol. The smallest absolute Gasteiger partial charge is 0.149 e. The first kappa shape index (κ1) is 14.4. The quantitative estimate of drug-likeness (QED) is 0.941. The van der Waals surface area contributed by atoms with Gasteiger partial charge in [-0.1, -0.05) is 26.0 Å². The molecule has 0 unspecified atom stereocenters. The van der Waals surface area contributed by atoms with E-state index in [1.54, 1.807) is 6.07 Å². The minimum absolute atomic E-state index is 0.222. The summed E-state index contributed by atoms with van der Waals surface area (Å²) in [5.74, 6) is -0.222. The Kier molecular flexibility index (Phi) is 3.91. The number of pyridine rings is 1. The van der Waals surface area contributed by atoms with Gasteiger partial charge in [-0.15, -0.1) is 0 Å². The molecule has 0 bridgehead atoms. The second-order valence-electron chi connectivity index (χ2n) is 6.17. The fourth-order valence-electron chi connectivity index (χ4n) is 2.96. The number of hydrogen-bond donors (Lipinski definition) is 1. The zero-order valence-corrected chi connectivity index (χ0v) is 12.9. The van der Waals surface area contributed by atoms with Crippen molar-refractivity contribution in [3.63, 3.8) is 0 Å². The van der Waals surface area contributed by atoms with Gasteiger partial charge in [0, 0.05) is 43.2 Å². The highest BCUT2D eigenvalue weighted by atomic mass is 19.1. The number of nitrogens with one attached hydrogen (secondary N) is 1. The third kappa shape index (κ3) is 2.78. The number of para-hydroxylation sites is 1. The molecule has 112 valence electrons. The van der Waals surface area contributed by atoms with Crippen molar-refractivity contribution >= 4 is 10.9 Å². The molecule has 1 N–H and O–H groups in total. The summed E-state index contributed by atoms with van der Waals surface area (Å²) in [5, 5.41) is 4.41. The molecule has 0 spiro atoms. The van der Waals surface area contributed by atoms with Crippen LogP contribution in [-0.2, 0) is 19.5 Å². The van der Waals surface area contributed by atoms with Gasteiger partial charge in [-0.05, 0) is 24.2 Å². The molecule has 0 saturated heterocycles. The van der Waals surface area contributed by atoms with Crippen LogP contribution in [0.3, 0.4) is 0 Å².